The lowest BCUT2D eigenvalue weighted by Gasteiger charge is -2.07. The maximum Gasteiger partial charge on any atom is 0.169 e. The third-order valence-electron chi connectivity index (χ3n) is 2.37. The van der Waals surface area contributed by atoms with E-state index in [4.69, 9.17) is 0 Å². The van der Waals surface area contributed by atoms with E-state index >= 15 is 0 Å². The molecule has 0 aliphatic rings. The first-order valence-electron chi connectivity index (χ1n) is 5.93. The van der Waals surface area contributed by atoms with Crippen LogP contribution in [0, 0.1) is 5.92 Å². The van der Waals surface area contributed by atoms with Gasteiger partial charge in [-0.2, -0.15) is 0 Å². The maximum atomic E-state index is 4.57. The van der Waals surface area contributed by atoms with Gasteiger partial charge in [-0.3, -0.25) is 0 Å². The molecular weight excluding hydrogens is 310 g/mol. The zero-order valence-corrected chi connectivity index (χ0v) is 12.9. The van der Waals surface area contributed by atoms with Crippen molar-refractivity contribution in [1.29, 1.82) is 0 Å². The minimum atomic E-state index is 0.652. The van der Waals surface area contributed by atoms with Crippen LogP contribution in [-0.4, -0.2) is 16.5 Å². The SMILES string of the molecule is CC(C)CNCc1ccnc(-c2ccc(Br)s2)n1. The summed E-state index contributed by atoms with van der Waals surface area (Å²) in [7, 11) is 0. The van der Waals surface area contributed by atoms with Crippen molar-refractivity contribution < 1.29 is 0 Å². The Balaban J connectivity index is 2.05. The van der Waals surface area contributed by atoms with Crippen LogP contribution in [0.25, 0.3) is 10.7 Å². The summed E-state index contributed by atoms with van der Waals surface area (Å²) in [6.45, 7) is 6.19. The van der Waals surface area contributed by atoms with E-state index in [0.29, 0.717) is 5.92 Å². The molecular formula is C13H16BrN3S. The van der Waals surface area contributed by atoms with Crippen LogP contribution in [0.2, 0.25) is 0 Å². The van der Waals surface area contributed by atoms with Gasteiger partial charge in [-0.1, -0.05) is 13.8 Å². The number of hydrogen-bond acceptors (Lipinski definition) is 4. The Kier molecular flexibility index (Phi) is 4.86. The minimum Gasteiger partial charge on any atom is -0.311 e. The average Bonchev–Trinajstić information content (AvgIpc) is 2.76. The van der Waals surface area contributed by atoms with Crippen molar-refractivity contribution in [2.45, 2.75) is 20.4 Å². The summed E-state index contributed by atoms with van der Waals surface area (Å²) in [5.41, 5.74) is 1.03. The van der Waals surface area contributed by atoms with Gasteiger partial charge in [0, 0.05) is 12.7 Å². The Labute approximate surface area is 120 Å². The predicted molar refractivity (Wildman–Crippen MR) is 79.6 cm³/mol. The summed E-state index contributed by atoms with van der Waals surface area (Å²) in [5, 5.41) is 3.39. The van der Waals surface area contributed by atoms with Gasteiger partial charge in [0.2, 0.25) is 0 Å². The van der Waals surface area contributed by atoms with Gasteiger partial charge < -0.3 is 5.32 Å². The van der Waals surface area contributed by atoms with Crippen molar-refractivity contribution in [1.82, 2.24) is 15.3 Å². The van der Waals surface area contributed by atoms with Crippen LogP contribution in [0.1, 0.15) is 19.5 Å². The van der Waals surface area contributed by atoms with Crippen molar-refractivity contribution in [3.63, 3.8) is 0 Å². The van der Waals surface area contributed by atoms with Crippen molar-refractivity contribution in [2.75, 3.05) is 6.54 Å². The fourth-order valence-electron chi connectivity index (χ4n) is 1.54. The van der Waals surface area contributed by atoms with Crippen LogP contribution in [0.4, 0.5) is 0 Å². The fraction of sp³-hybridized carbons (Fsp3) is 0.385. The standard InChI is InChI=1S/C13H16BrN3S/c1-9(2)7-15-8-10-5-6-16-13(17-10)11-3-4-12(14)18-11/h3-6,9,15H,7-8H2,1-2H3. The number of nitrogens with one attached hydrogen (secondary N) is 1. The third kappa shape index (κ3) is 3.86. The molecule has 0 aromatic carbocycles. The van der Waals surface area contributed by atoms with Gasteiger partial charge in [-0.25, -0.2) is 9.97 Å². The molecule has 0 aliphatic carbocycles. The molecule has 0 unspecified atom stereocenters. The molecule has 2 heterocycles. The maximum absolute atomic E-state index is 4.57. The summed E-state index contributed by atoms with van der Waals surface area (Å²) in [5.74, 6) is 1.45. The van der Waals surface area contributed by atoms with Crippen LogP contribution < -0.4 is 5.32 Å². The number of aromatic nitrogens is 2. The lowest BCUT2D eigenvalue weighted by atomic mass is 10.2. The van der Waals surface area contributed by atoms with E-state index in [1.807, 2.05) is 24.4 Å². The quantitative estimate of drug-likeness (QED) is 0.910. The van der Waals surface area contributed by atoms with E-state index in [-0.39, 0.29) is 0 Å². The molecule has 0 bridgehead atoms. The number of rotatable bonds is 5. The fourth-order valence-corrected chi connectivity index (χ4v) is 2.86. The summed E-state index contributed by atoms with van der Waals surface area (Å²) < 4.78 is 1.10. The second-order valence-corrected chi connectivity index (χ2v) is 6.96. The largest absolute Gasteiger partial charge is 0.311 e. The summed E-state index contributed by atoms with van der Waals surface area (Å²) >= 11 is 5.11. The highest BCUT2D eigenvalue weighted by molar-refractivity contribution is 9.11. The monoisotopic (exact) mass is 325 g/mol. The van der Waals surface area contributed by atoms with Crippen molar-refractivity contribution >= 4 is 27.3 Å². The Morgan fingerprint density at radius 1 is 1.33 bits per heavy atom. The number of thiophene rings is 1. The summed E-state index contributed by atoms with van der Waals surface area (Å²) in [6.07, 6.45) is 1.82. The molecule has 96 valence electrons. The van der Waals surface area contributed by atoms with Gasteiger partial charge in [0.25, 0.3) is 0 Å². The Bertz CT molecular complexity index is 510. The highest BCUT2D eigenvalue weighted by Crippen LogP contribution is 2.28. The van der Waals surface area contributed by atoms with Crippen LogP contribution in [0.15, 0.2) is 28.2 Å². The van der Waals surface area contributed by atoms with Crippen LogP contribution >= 0.6 is 27.3 Å². The Morgan fingerprint density at radius 3 is 2.83 bits per heavy atom. The molecule has 0 atom stereocenters. The molecule has 0 fully saturated rings. The molecule has 2 rings (SSSR count). The van der Waals surface area contributed by atoms with Crippen molar-refractivity contribution in [3.8, 4) is 10.7 Å². The minimum absolute atomic E-state index is 0.652. The summed E-state index contributed by atoms with van der Waals surface area (Å²) in [4.78, 5) is 9.98. The van der Waals surface area contributed by atoms with E-state index in [9.17, 15) is 0 Å². The molecule has 0 saturated heterocycles. The topological polar surface area (TPSA) is 37.8 Å². The van der Waals surface area contributed by atoms with Gasteiger partial charge in [-0.05, 0) is 46.6 Å². The molecule has 3 nitrogen and oxygen atoms in total. The van der Waals surface area contributed by atoms with Gasteiger partial charge in [0.05, 0.1) is 14.4 Å². The molecule has 0 amide bonds. The lowest BCUT2D eigenvalue weighted by molar-refractivity contribution is 0.548. The van der Waals surface area contributed by atoms with Crippen LogP contribution in [0.5, 0.6) is 0 Å². The second-order valence-electron chi connectivity index (χ2n) is 4.50. The van der Waals surface area contributed by atoms with Crippen molar-refractivity contribution in [3.05, 3.63) is 33.9 Å². The average molecular weight is 326 g/mol. The molecule has 0 spiro atoms. The Hall–Kier alpha value is -0.780. The smallest absolute Gasteiger partial charge is 0.169 e. The Morgan fingerprint density at radius 2 is 2.17 bits per heavy atom. The zero-order chi connectivity index (χ0) is 13.0. The highest BCUT2D eigenvalue weighted by Gasteiger charge is 2.05. The van der Waals surface area contributed by atoms with Gasteiger partial charge in [-0.15, -0.1) is 11.3 Å². The zero-order valence-electron chi connectivity index (χ0n) is 10.5. The van der Waals surface area contributed by atoms with Crippen LogP contribution in [0.3, 0.4) is 0 Å². The van der Waals surface area contributed by atoms with Crippen LogP contribution in [-0.2, 0) is 6.54 Å². The second kappa shape index (κ2) is 6.41. The normalized spacial score (nSPS) is 11.1. The molecule has 0 saturated carbocycles. The van der Waals surface area contributed by atoms with E-state index in [1.165, 1.54) is 0 Å². The first-order chi connectivity index (χ1) is 8.65. The van der Waals surface area contributed by atoms with Gasteiger partial charge in [0.1, 0.15) is 0 Å². The molecule has 2 aromatic heterocycles. The molecule has 0 aliphatic heterocycles. The molecule has 5 heteroatoms. The molecule has 2 aromatic rings. The van der Waals surface area contributed by atoms with E-state index in [1.54, 1.807) is 11.3 Å². The molecule has 18 heavy (non-hydrogen) atoms. The number of hydrogen-bond donors (Lipinski definition) is 1. The lowest BCUT2D eigenvalue weighted by Crippen LogP contribution is -2.19. The van der Waals surface area contributed by atoms with E-state index < -0.39 is 0 Å². The van der Waals surface area contributed by atoms with E-state index in [0.717, 1.165) is 33.3 Å². The van der Waals surface area contributed by atoms with Gasteiger partial charge >= 0.3 is 0 Å². The van der Waals surface area contributed by atoms with Gasteiger partial charge in [0.15, 0.2) is 5.82 Å². The van der Waals surface area contributed by atoms with E-state index in [2.05, 4.69) is 45.1 Å². The summed E-state index contributed by atoms with van der Waals surface area (Å²) in [6, 6.07) is 6.02. The molecule has 0 radical (unpaired) electrons. The molecule has 1 N–H and O–H groups in total. The number of nitrogens with zero attached hydrogens (tertiary/aromatic N) is 2. The van der Waals surface area contributed by atoms with Crippen molar-refractivity contribution in [2.24, 2.45) is 5.92 Å². The number of halogens is 1. The highest BCUT2D eigenvalue weighted by atomic mass is 79.9. The third-order valence-corrected chi connectivity index (χ3v) is 3.99. The first kappa shape index (κ1) is 13.6. The predicted octanol–water partition coefficient (Wildman–Crippen LogP) is 3.71. The first-order valence-corrected chi connectivity index (χ1v) is 7.54.